The molecule has 2 aromatic heterocycles. The van der Waals surface area contributed by atoms with Crippen LogP contribution in [0.4, 0.5) is 4.39 Å². The van der Waals surface area contributed by atoms with Crippen molar-refractivity contribution in [1.82, 2.24) is 24.8 Å². The summed E-state index contributed by atoms with van der Waals surface area (Å²) in [7, 11) is 4.11. The highest BCUT2D eigenvalue weighted by Crippen LogP contribution is 2.33. The summed E-state index contributed by atoms with van der Waals surface area (Å²) >= 11 is 0. The van der Waals surface area contributed by atoms with Gasteiger partial charge < -0.3 is 4.90 Å². The summed E-state index contributed by atoms with van der Waals surface area (Å²) in [6, 6.07) is 3.50. The van der Waals surface area contributed by atoms with Crippen LogP contribution in [0.2, 0.25) is 0 Å². The van der Waals surface area contributed by atoms with Crippen molar-refractivity contribution in [2.24, 2.45) is 0 Å². The summed E-state index contributed by atoms with van der Waals surface area (Å²) in [6.45, 7) is 4.49. The minimum atomic E-state index is -0.295. The van der Waals surface area contributed by atoms with E-state index < -0.39 is 0 Å². The Morgan fingerprint density at radius 3 is 2.79 bits per heavy atom. The summed E-state index contributed by atoms with van der Waals surface area (Å²) in [6.07, 6.45) is 5.45. The van der Waals surface area contributed by atoms with Gasteiger partial charge in [-0.05, 0) is 52.5 Å². The molecule has 1 aliphatic heterocycles. The molecule has 6 heteroatoms. The van der Waals surface area contributed by atoms with Crippen LogP contribution in [-0.2, 0) is 13.1 Å². The predicted molar refractivity (Wildman–Crippen MR) is 90.7 cm³/mol. The van der Waals surface area contributed by atoms with Gasteiger partial charge in [-0.1, -0.05) is 0 Å². The number of aromatic nitrogens is 3. The first-order valence-corrected chi connectivity index (χ1v) is 8.34. The summed E-state index contributed by atoms with van der Waals surface area (Å²) < 4.78 is 13.1. The van der Waals surface area contributed by atoms with E-state index >= 15 is 0 Å². The highest BCUT2D eigenvalue weighted by molar-refractivity contribution is 5.22. The van der Waals surface area contributed by atoms with E-state index in [1.54, 1.807) is 6.07 Å². The number of halogens is 1. The molecule has 1 aliphatic rings. The molecule has 0 amide bonds. The third-order valence-corrected chi connectivity index (χ3v) is 4.34. The summed E-state index contributed by atoms with van der Waals surface area (Å²) in [5.74, 6) is 0.510. The Hall–Kier alpha value is -1.92. The van der Waals surface area contributed by atoms with E-state index in [0.717, 1.165) is 49.7 Å². The highest BCUT2D eigenvalue weighted by atomic mass is 19.1. The molecule has 0 bridgehead atoms. The molecule has 1 saturated heterocycles. The van der Waals surface area contributed by atoms with Crippen LogP contribution in [0.25, 0.3) is 0 Å². The number of hydrogen-bond donors (Lipinski definition) is 0. The maximum Gasteiger partial charge on any atom is 0.141 e. The van der Waals surface area contributed by atoms with Gasteiger partial charge in [-0.25, -0.2) is 14.4 Å². The number of nitrogens with zero attached hydrogens (tertiary/aromatic N) is 5. The van der Waals surface area contributed by atoms with Gasteiger partial charge >= 0.3 is 0 Å². The standard InChI is InChI=1S/C18H24FN5/c1-13-20-9-14(11-23(2)3)18(22-13)17-5-4-8-24(17)12-16-7-6-15(19)10-21-16/h6-7,9-10,17H,4-5,8,11-12H2,1-3H3/t17-/m0/s1. The fourth-order valence-electron chi connectivity index (χ4n) is 3.30. The van der Waals surface area contributed by atoms with Crippen LogP contribution in [0.3, 0.4) is 0 Å². The first-order chi connectivity index (χ1) is 11.5. The smallest absolute Gasteiger partial charge is 0.141 e. The zero-order valence-electron chi connectivity index (χ0n) is 14.5. The van der Waals surface area contributed by atoms with Crippen molar-refractivity contribution in [3.8, 4) is 0 Å². The van der Waals surface area contributed by atoms with Gasteiger partial charge in [0.1, 0.15) is 11.6 Å². The molecule has 1 fully saturated rings. The van der Waals surface area contributed by atoms with Gasteiger partial charge in [-0.15, -0.1) is 0 Å². The normalized spacial score (nSPS) is 18.5. The van der Waals surface area contributed by atoms with Gasteiger partial charge in [0.15, 0.2) is 0 Å². The molecule has 0 radical (unpaired) electrons. The van der Waals surface area contributed by atoms with E-state index in [0.29, 0.717) is 0 Å². The van der Waals surface area contributed by atoms with Crippen LogP contribution in [0.1, 0.15) is 41.7 Å². The molecule has 3 heterocycles. The quantitative estimate of drug-likeness (QED) is 0.844. The van der Waals surface area contributed by atoms with Crippen molar-refractivity contribution in [2.75, 3.05) is 20.6 Å². The molecule has 5 nitrogen and oxygen atoms in total. The monoisotopic (exact) mass is 329 g/mol. The van der Waals surface area contributed by atoms with E-state index in [9.17, 15) is 4.39 Å². The third kappa shape index (κ3) is 3.94. The van der Waals surface area contributed by atoms with E-state index in [1.807, 2.05) is 13.1 Å². The fourth-order valence-corrected chi connectivity index (χ4v) is 3.30. The zero-order valence-corrected chi connectivity index (χ0v) is 14.5. The van der Waals surface area contributed by atoms with Gasteiger partial charge in [0, 0.05) is 24.8 Å². The van der Waals surface area contributed by atoms with Crippen LogP contribution in [-0.4, -0.2) is 45.4 Å². The van der Waals surface area contributed by atoms with Crippen molar-refractivity contribution < 1.29 is 4.39 Å². The molecular formula is C18H24FN5. The lowest BCUT2D eigenvalue weighted by molar-refractivity contribution is 0.238. The number of pyridine rings is 1. The van der Waals surface area contributed by atoms with E-state index in [4.69, 9.17) is 4.98 Å². The van der Waals surface area contributed by atoms with Crippen molar-refractivity contribution >= 4 is 0 Å². The Labute approximate surface area is 142 Å². The van der Waals surface area contributed by atoms with Crippen LogP contribution in [0.15, 0.2) is 24.5 Å². The Morgan fingerprint density at radius 2 is 2.08 bits per heavy atom. The van der Waals surface area contributed by atoms with Crippen molar-refractivity contribution in [1.29, 1.82) is 0 Å². The van der Waals surface area contributed by atoms with Gasteiger partial charge in [0.2, 0.25) is 0 Å². The summed E-state index contributed by atoms with van der Waals surface area (Å²) in [5, 5.41) is 0. The lowest BCUT2D eigenvalue weighted by atomic mass is 10.1. The molecule has 2 aromatic rings. The topological polar surface area (TPSA) is 45.2 Å². The number of aryl methyl sites for hydroxylation is 1. The number of hydrogen-bond acceptors (Lipinski definition) is 5. The second-order valence-electron chi connectivity index (χ2n) is 6.66. The zero-order chi connectivity index (χ0) is 17.1. The Balaban J connectivity index is 1.84. The molecule has 0 N–H and O–H groups in total. The molecule has 3 rings (SSSR count). The largest absolute Gasteiger partial charge is 0.305 e. The maximum atomic E-state index is 13.1. The molecule has 1 atom stereocenters. The van der Waals surface area contributed by atoms with E-state index in [-0.39, 0.29) is 11.9 Å². The average molecular weight is 329 g/mol. The first-order valence-electron chi connectivity index (χ1n) is 8.34. The maximum absolute atomic E-state index is 13.1. The van der Waals surface area contributed by atoms with Crippen molar-refractivity contribution in [3.05, 3.63) is 53.1 Å². The van der Waals surface area contributed by atoms with Crippen LogP contribution in [0.5, 0.6) is 0 Å². The molecular weight excluding hydrogens is 305 g/mol. The molecule has 0 spiro atoms. The predicted octanol–water partition coefficient (Wildman–Crippen LogP) is 2.72. The van der Waals surface area contributed by atoms with Gasteiger partial charge in [0.05, 0.1) is 23.6 Å². The molecule has 0 unspecified atom stereocenters. The average Bonchev–Trinajstić information content (AvgIpc) is 2.99. The van der Waals surface area contributed by atoms with E-state index in [2.05, 4.69) is 33.9 Å². The van der Waals surface area contributed by atoms with Crippen LogP contribution in [0, 0.1) is 12.7 Å². The second-order valence-corrected chi connectivity index (χ2v) is 6.66. The van der Waals surface area contributed by atoms with Crippen molar-refractivity contribution in [3.63, 3.8) is 0 Å². The molecule has 24 heavy (non-hydrogen) atoms. The second kappa shape index (κ2) is 7.32. The molecule has 128 valence electrons. The number of likely N-dealkylation sites (tertiary alicyclic amines) is 1. The van der Waals surface area contributed by atoms with Gasteiger partial charge in [-0.3, -0.25) is 9.88 Å². The molecule has 0 aliphatic carbocycles. The van der Waals surface area contributed by atoms with Gasteiger partial charge in [0.25, 0.3) is 0 Å². The van der Waals surface area contributed by atoms with Crippen LogP contribution < -0.4 is 0 Å². The summed E-state index contributed by atoms with van der Waals surface area (Å²) in [4.78, 5) is 17.9. The Bertz CT molecular complexity index is 686. The minimum Gasteiger partial charge on any atom is -0.305 e. The van der Waals surface area contributed by atoms with Crippen molar-refractivity contribution in [2.45, 2.75) is 38.9 Å². The Kier molecular flexibility index (Phi) is 5.16. The highest BCUT2D eigenvalue weighted by Gasteiger charge is 2.29. The lowest BCUT2D eigenvalue weighted by Crippen LogP contribution is -2.26. The van der Waals surface area contributed by atoms with E-state index in [1.165, 1.54) is 17.8 Å². The third-order valence-electron chi connectivity index (χ3n) is 4.34. The van der Waals surface area contributed by atoms with Crippen LogP contribution >= 0.6 is 0 Å². The molecule has 0 saturated carbocycles. The minimum absolute atomic E-state index is 0.272. The Morgan fingerprint density at radius 1 is 1.25 bits per heavy atom. The molecule has 0 aromatic carbocycles. The summed E-state index contributed by atoms with van der Waals surface area (Å²) in [5.41, 5.74) is 3.19. The van der Waals surface area contributed by atoms with Gasteiger partial charge in [-0.2, -0.15) is 0 Å². The fraction of sp³-hybridized carbons (Fsp3) is 0.500. The lowest BCUT2D eigenvalue weighted by Gasteiger charge is -2.26. The SMILES string of the molecule is Cc1ncc(CN(C)C)c([C@@H]2CCCN2Cc2ccc(F)cn2)n1. The number of rotatable bonds is 5. The first kappa shape index (κ1) is 16.9.